The molecule has 6 heteroatoms. The van der Waals surface area contributed by atoms with Crippen LogP contribution in [0.4, 0.5) is 0 Å². The molecule has 0 saturated carbocycles. The molecule has 1 aliphatic heterocycles. The van der Waals surface area contributed by atoms with Gasteiger partial charge in [0.15, 0.2) is 6.29 Å². The quantitative estimate of drug-likeness (QED) is 0.287. The maximum Gasteiger partial charge on any atom is 0.171 e. The Morgan fingerprint density at radius 1 is 1.17 bits per heavy atom. The first-order chi connectivity index (χ1) is 5.57. The number of hydrogen-bond acceptors (Lipinski definition) is 6. The highest BCUT2D eigenvalue weighted by molar-refractivity contribution is 4.93. The number of ether oxygens (including phenoxy) is 1. The molecule has 72 valence electrons. The molecule has 0 radical (unpaired) electrons. The molecule has 0 aromatic rings. The number of hydrogen-bond donors (Lipinski definition) is 5. The van der Waals surface area contributed by atoms with Crippen molar-refractivity contribution in [1.82, 2.24) is 0 Å². The predicted molar refractivity (Wildman–Crippen MR) is 39.9 cm³/mol. The molecule has 1 heterocycles. The van der Waals surface area contributed by atoms with Crippen molar-refractivity contribution in [1.29, 1.82) is 0 Å². The third-order valence-electron chi connectivity index (χ3n) is 2.04. The molecule has 1 aliphatic rings. The molecule has 1 rings (SSSR count). The largest absolute Gasteiger partial charge is 0.394 e. The summed E-state index contributed by atoms with van der Waals surface area (Å²) in [7, 11) is 0. The van der Waals surface area contributed by atoms with Gasteiger partial charge in [0.1, 0.15) is 6.10 Å². The Morgan fingerprint density at radius 2 is 1.75 bits per heavy atom. The lowest BCUT2D eigenvalue weighted by Gasteiger charge is -2.38. The summed E-state index contributed by atoms with van der Waals surface area (Å²) in [5.41, 5.74) is 10.8. The Hall–Kier alpha value is -0.240. The minimum atomic E-state index is -1.22. The van der Waals surface area contributed by atoms with Gasteiger partial charge >= 0.3 is 0 Å². The Labute approximate surface area is 69.7 Å². The van der Waals surface area contributed by atoms with Crippen molar-refractivity contribution in [3.8, 4) is 0 Å². The minimum Gasteiger partial charge on any atom is -0.394 e. The highest BCUT2D eigenvalue weighted by Gasteiger charge is 2.40. The maximum absolute atomic E-state index is 9.32. The van der Waals surface area contributed by atoms with Gasteiger partial charge in [-0.25, -0.2) is 0 Å². The van der Waals surface area contributed by atoms with E-state index in [0.29, 0.717) is 0 Å². The monoisotopic (exact) mass is 178 g/mol. The third-order valence-corrected chi connectivity index (χ3v) is 2.04. The molecule has 1 fully saturated rings. The molecule has 0 aromatic carbocycles. The van der Waals surface area contributed by atoms with Crippen LogP contribution in [-0.4, -0.2) is 52.5 Å². The van der Waals surface area contributed by atoms with E-state index >= 15 is 0 Å². The molecule has 0 spiro atoms. The van der Waals surface area contributed by atoms with Crippen LogP contribution in [0, 0.1) is 0 Å². The summed E-state index contributed by atoms with van der Waals surface area (Å²) in [5.74, 6) is 0. The number of aliphatic hydroxyl groups is 3. The van der Waals surface area contributed by atoms with Crippen molar-refractivity contribution in [2.45, 2.75) is 30.6 Å². The second-order valence-electron chi connectivity index (χ2n) is 2.89. The lowest BCUT2D eigenvalue weighted by atomic mass is 9.96. The Morgan fingerprint density at radius 3 is 2.25 bits per heavy atom. The fourth-order valence-electron chi connectivity index (χ4n) is 1.17. The summed E-state index contributed by atoms with van der Waals surface area (Å²) < 4.78 is 4.78. The van der Waals surface area contributed by atoms with Crippen LogP contribution in [0.2, 0.25) is 0 Å². The van der Waals surface area contributed by atoms with Gasteiger partial charge in [0.25, 0.3) is 0 Å². The van der Waals surface area contributed by atoms with Crippen LogP contribution in [0.15, 0.2) is 0 Å². The van der Waals surface area contributed by atoms with Gasteiger partial charge in [-0.05, 0) is 0 Å². The Bertz CT molecular complexity index is 152. The van der Waals surface area contributed by atoms with E-state index in [0.717, 1.165) is 0 Å². The Kier molecular flexibility index (Phi) is 2.99. The van der Waals surface area contributed by atoms with Crippen molar-refractivity contribution >= 4 is 0 Å². The van der Waals surface area contributed by atoms with Crippen molar-refractivity contribution in [2.24, 2.45) is 11.5 Å². The zero-order valence-corrected chi connectivity index (χ0v) is 6.50. The van der Waals surface area contributed by atoms with Crippen molar-refractivity contribution in [2.75, 3.05) is 6.61 Å². The van der Waals surface area contributed by atoms with E-state index < -0.39 is 37.2 Å². The number of nitrogens with two attached hydrogens (primary N) is 2. The van der Waals surface area contributed by atoms with Gasteiger partial charge in [0.05, 0.1) is 24.8 Å². The molecular weight excluding hydrogens is 164 g/mol. The first-order valence-corrected chi connectivity index (χ1v) is 3.71. The van der Waals surface area contributed by atoms with Gasteiger partial charge in [0, 0.05) is 0 Å². The molecule has 7 N–H and O–H groups in total. The second kappa shape index (κ2) is 3.65. The van der Waals surface area contributed by atoms with E-state index in [1.807, 2.05) is 0 Å². The maximum atomic E-state index is 9.32. The SMILES string of the molecule is N[C@H]1[C@@H](O)[C@@H](CO)OC(O)[C@@H]1N. The van der Waals surface area contributed by atoms with Gasteiger partial charge in [-0.1, -0.05) is 0 Å². The fourth-order valence-corrected chi connectivity index (χ4v) is 1.17. The van der Waals surface area contributed by atoms with Crippen molar-refractivity contribution in [3.63, 3.8) is 0 Å². The van der Waals surface area contributed by atoms with Gasteiger partial charge in [-0.2, -0.15) is 0 Å². The first-order valence-electron chi connectivity index (χ1n) is 3.71. The standard InChI is InChI=1S/C6H14N2O4/c7-3-4(8)6(11)12-2(1-9)5(3)10/h2-6,9-11H,1,7-8H2/t2-,3-,4-,5+,6?/m1/s1. The van der Waals surface area contributed by atoms with Crippen LogP contribution >= 0.6 is 0 Å². The van der Waals surface area contributed by atoms with E-state index in [9.17, 15) is 5.11 Å². The highest BCUT2D eigenvalue weighted by atomic mass is 16.6. The first kappa shape index (κ1) is 9.85. The summed E-state index contributed by atoms with van der Waals surface area (Å²) in [6.45, 7) is -0.390. The van der Waals surface area contributed by atoms with Gasteiger partial charge < -0.3 is 31.5 Å². The highest BCUT2D eigenvalue weighted by Crippen LogP contribution is 2.16. The van der Waals surface area contributed by atoms with Crippen LogP contribution in [-0.2, 0) is 4.74 Å². The van der Waals surface area contributed by atoms with E-state index in [-0.39, 0.29) is 0 Å². The average Bonchev–Trinajstić information content (AvgIpc) is 2.08. The van der Waals surface area contributed by atoms with Gasteiger partial charge in [-0.3, -0.25) is 0 Å². The van der Waals surface area contributed by atoms with E-state index in [4.69, 9.17) is 26.4 Å². The Balaban J connectivity index is 2.63. The van der Waals surface area contributed by atoms with Gasteiger partial charge in [0.2, 0.25) is 0 Å². The summed E-state index contributed by atoms with van der Waals surface area (Å²) in [4.78, 5) is 0. The lowest BCUT2D eigenvalue weighted by molar-refractivity contribution is -0.221. The smallest absolute Gasteiger partial charge is 0.171 e. The number of rotatable bonds is 1. The molecule has 0 bridgehead atoms. The summed E-state index contributed by atoms with van der Waals surface area (Å²) in [5, 5.41) is 27.1. The molecule has 0 amide bonds. The average molecular weight is 178 g/mol. The van der Waals surface area contributed by atoms with Gasteiger partial charge in [-0.15, -0.1) is 0 Å². The molecule has 1 unspecified atom stereocenters. The third kappa shape index (κ3) is 1.58. The van der Waals surface area contributed by atoms with Crippen LogP contribution in [0.3, 0.4) is 0 Å². The van der Waals surface area contributed by atoms with Crippen LogP contribution in [0.1, 0.15) is 0 Å². The zero-order valence-electron chi connectivity index (χ0n) is 6.50. The molecule has 6 nitrogen and oxygen atoms in total. The molecule has 12 heavy (non-hydrogen) atoms. The van der Waals surface area contributed by atoms with E-state index in [2.05, 4.69) is 0 Å². The van der Waals surface area contributed by atoms with Crippen molar-refractivity contribution in [3.05, 3.63) is 0 Å². The lowest BCUT2D eigenvalue weighted by Crippen LogP contribution is -2.65. The van der Waals surface area contributed by atoms with E-state index in [1.165, 1.54) is 0 Å². The molecular formula is C6H14N2O4. The van der Waals surface area contributed by atoms with Crippen molar-refractivity contribution < 1.29 is 20.1 Å². The predicted octanol–water partition coefficient (Wildman–Crippen LogP) is -3.29. The van der Waals surface area contributed by atoms with Crippen LogP contribution in [0.5, 0.6) is 0 Å². The molecule has 5 atom stereocenters. The summed E-state index contributed by atoms with van der Waals surface area (Å²) >= 11 is 0. The summed E-state index contributed by atoms with van der Waals surface area (Å²) in [6, 6.07) is -1.59. The minimum absolute atomic E-state index is 0.390. The zero-order chi connectivity index (χ0) is 9.30. The second-order valence-corrected chi connectivity index (χ2v) is 2.89. The molecule has 0 aliphatic carbocycles. The normalized spacial score (nSPS) is 49.2. The van der Waals surface area contributed by atoms with Crippen LogP contribution < -0.4 is 11.5 Å². The molecule has 1 saturated heterocycles. The number of aliphatic hydroxyl groups excluding tert-OH is 3. The summed E-state index contributed by atoms with van der Waals surface area (Å²) in [6.07, 6.45) is -3.11. The van der Waals surface area contributed by atoms with E-state index in [1.54, 1.807) is 0 Å². The van der Waals surface area contributed by atoms with Crippen LogP contribution in [0.25, 0.3) is 0 Å². The fraction of sp³-hybridized carbons (Fsp3) is 1.00. The topological polar surface area (TPSA) is 122 Å². The molecule has 0 aromatic heterocycles.